The van der Waals surface area contributed by atoms with Crippen molar-refractivity contribution >= 4 is 23.6 Å². The number of ether oxygens (including phenoxy) is 1. The Labute approximate surface area is 176 Å². The zero-order valence-electron chi connectivity index (χ0n) is 17.1. The molecule has 2 aromatic rings. The van der Waals surface area contributed by atoms with Crippen LogP contribution in [-0.4, -0.2) is 36.3 Å². The van der Waals surface area contributed by atoms with Crippen molar-refractivity contribution in [3.05, 3.63) is 65.2 Å². The minimum Gasteiger partial charge on any atom is -0.497 e. The number of ketones is 1. The average molecular weight is 403 g/mol. The topological polar surface area (TPSA) is 80.1 Å². The number of fused-ring (bicyclic) bond motifs is 1. The maximum Gasteiger partial charge on any atom is 0.307 e. The molecule has 30 heavy (non-hydrogen) atoms. The highest BCUT2D eigenvalue weighted by atomic mass is 16.5. The largest absolute Gasteiger partial charge is 0.497 e. The van der Waals surface area contributed by atoms with Gasteiger partial charge in [-0.15, -0.1) is 0 Å². The zero-order chi connectivity index (χ0) is 21.0. The normalized spacial score (nSPS) is 16.9. The smallest absolute Gasteiger partial charge is 0.307 e. The zero-order valence-corrected chi connectivity index (χ0v) is 17.1. The van der Waals surface area contributed by atoms with Gasteiger partial charge in [0.25, 0.3) is 0 Å². The maximum absolute atomic E-state index is 12.6. The predicted octanol–water partition coefficient (Wildman–Crippen LogP) is 3.46. The fourth-order valence-corrected chi connectivity index (χ4v) is 4.30. The van der Waals surface area contributed by atoms with Gasteiger partial charge in [-0.1, -0.05) is 37.1 Å². The lowest BCUT2D eigenvalue weighted by Crippen LogP contribution is -2.35. The number of nitrogens with zero attached hydrogens (tertiary/aromatic N) is 2. The quantitative estimate of drug-likeness (QED) is 0.456. The summed E-state index contributed by atoms with van der Waals surface area (Å²) in [5, 5.41) is 3.90. The van der Waals surface area contributed by atoms with E-state index < -0.39 is 11.7 Å². The van der Waals surface area contributed by atoms with Crippen molar-refractivity contribution in [1.29, 1.82) is 0 Å². The predicted molar refractivity (Wildman–Crippen MR) is 116 cm³/mol. The van der Waals surface area contributed by atoms with Crippen LogP contribution in [0.2, 0.25) is 0 Å². The van der Waals surface area contributed by atoms with Crippen molar-refractivity contribution < 1.29 is 14.3 Å². The molecule has 1 spiro atoms. The minimum absolute atomic E-state index is 0.0113. The van der Waals surface area contributed by atoms with Gasteiger partial charge in [-0.3, -0.25) is 14.6 Å². The van der Waals surface area contributed by atoms with Crippen LogP contribution >= 0.6 is 0 Å². The van der Waals surface area contributed by atoms with Gasteiger partial charge in [0.05, 0.1) is 31.0 Å². The molecule has 1 aliphatic heterocycles. The molecule has 0 saturated heterocycles. The van der Waals surface area contributed by atoms with Crippen LogP contribution in [0.3, 0.4) is 0 Å². The van der Waals surface area contributed by atoms with Crippen molar-refractivity contribution in [1.82, 2.24) is 5.43 Å². The molecule has 0 atom stereocenters. The molecule has 0 radical (unpaired) electrons. The number of amides is 1. The van der Waals surface area contributed by atoms with Crippen LogP contribution in [0.15, 0.2) is 58.6 Å². The molecule has 0 bridgehead atoms. The first-order chi connectivity index (χ1) is 14.6. The van der Waals surface area contributed by atoms with Crippen LogP contribution in [0.4, 0.5) is 0 Å². The lowest BCUT2D eigenvalue weighted by atomic mass is 9.82. The maximum atomic E-state index is 12.6. The van der Waals surface area contributed by atoms with Crippen molar-refractivity contribution in [2.45, 2.75) is 44.1 Å². The number of Topliss-reactive ketones (excluding diaryl/α,β-unsaturated/α-hetero) is 1. The van der Waals surface area contributed by atoms with E-state index in [9.17, 15) is 9.59 Å². The first-order valence-corrected chi connectivity index (χ1v) is 10.3. The van der Waals surface area contributed by atoms with Gasteiger partial charge in [-0.05, 0) is 60.2 Å². The molecule has 1 amide bonds. The standard InChI is InChI=1S/C24H25N3O3/c1-30-19-10-8-17(9-11-19)16-25-27-23(29)22(28)14-21-20-7-3-2-6-18(20)15-24(26-21)12-4-5-13-24/h2-3,6-11,16H,4-5,12-15H2,1H3,(H,27,29)/b25-16-. The Morgan fingerprint density at radius 1 is 1.13 bits per heavy atom. The van der Waals surface area contributed by atoms with E-state index in [1.807, 2.05) is 30.3 Å². The van der Waals surface area contributed by atoms with Gasteiger partial charge < -0.3 is 4.74 Å². The summed E-state index contributed by atoms with van der Waals surface area (Å²) in [4.78, 5) is 29.8. The Balaban J connectivity index is 1.43. The summed E-state index contributed by atoms with van der Waals surface area (Å²) in [5.74, 6) is -0.531. The van der Waals surface area contributed by atoms with E-state index in [1.165, 1.54) is 11.8 Å². The molecule has 6 nitrogen and oxygen atoms in total. The summed E-state index contributed by atoms with van der Waals surface area (Å²) < 4.78 is 5.11. The number of hydrogen-bond acceptors (Lipinski definition) is 5. The molecular weight excluding hydrogens is 378 g/mol. The summed E-state index contributed by atoms with van der Waals surface area (Å²) >= 11 is 0. The SMILES string of the molecule is COc1ccc(/C=N\NC(=O)C(=O)CC2=NC3(CCCC3)Cc3ccccc32)cc1. The number of benzene rings is 2. The van der Waals surface area contributed by atoms with Gasteiger partial charge >= 0.3 is 5.91 Å². The van der Waals surface area contributed by atoms with Crippen LogP contribution in [0.25, 0.3) is 0 Å². The summed E-state index contributed by atoms with van der Waals surface area (Å²) in [7, 11) is 1.60. The number of carbonyl (C=O) groups excluding carboxylic acids is 2. The Morgan fingerprint density at radius 2 is 1.87 bits per heavy atom. The number of aliphatic imine (C=N–C) groups is 1. The molecule has 0 aromatic heterocycles. The second kappa shape index (κ2) is 8.61. The Hall–Kier alpha value is -3.28. The third-order valence-corrected chi connectivity index (χ3v) is 5.83. The van der Waals surface area contributed by atoms with E-state index >= 15 is 0 Å². The van der Waals surface area contributed by atoms with E-state index in [-0.39, 0.29) is 12.0 Å². The van der Waals surface area contributed by atoms with Crippen molar-refractivity contribution in [2.75, 3.05) is 7.11 Å². The third-order valence-electron chi connectivity index (χ3n) is 5.83. The fraction of sp³-hybridized carbons (Fsp3) is 0.333. The molecule has 154 valence electrons. The van der Waals surface area contributed by atoms with Crippen LogP contribution in [0, 0.1) is 0 Å². The van der Waals surface area contributed by atoms with Gasteiger partial charge in [0.2, 0.25) is 5.78 Å². The van der Waals surface area contributed by atoms with Crippen LogP contribution < -0.4 is 10.2 Å². The van der Waals surface area contributed by atoms with E-state index in [0.29, 0.717) is 0 Å². The highest BCUT2D eigenvalue weighted by Gasteiger charge is 2.38. The molecule has 0 unspecified atom stereocenters. The molecule has 1 heterocycles. The third kappa shape index (κ3) is 4.32. The van der Waals surface area contributed by atoms with Gasteiger partial charge in [-0.25, -0.2) is 5.43 Å². The molecule has 4 rings (SSSR count). The highest BCUT2D eigenvalue weighted by Crippen LogP contribution is 2.40. The number of hydrazone groups is 1. The Bertz CT molecular complexity index is 1000. The number of methoxy groups -OCH3 is 1. The molecule has 6 heteroatoms. The Morgan fingerprint density at radius 3 is 2.60 bits per heavy atom. The number of hydrogen-bond donors (Lipinski definition) is 1. The van der Waals surface area contributed by atoms with Crippen molar-refractivity contribution in [3.63, 3.8) is 0 Å². The number of rotatable bonds is 6. The van der Waals surface area contributed by atoms with Crippen LogP contribution in [0.5, 0.6) is 5.75 Å². The first kappa shape index (κ1) is 20.0. The van der Waals surface area contributed by atoms with Crippen LogP contribution in [-0.2, 0) is 16.0 Å². The van der Waals surface area contributed by atoms with Gasteiger partial charge in [0.15, 0.2) is 0 Å². The Kier molecular flexibility index (Phi) is 5.74. The second-order valence-electron chi connectivity index (χ2n) is 7.90. The average Bonchev–Trinajstić information content (AvgIpc) is 3.21. The monoisotopic (exact) mass is 403 g/mol. The van der Waals surface area contributed by atoms with Crippen LogP contribution in [0.1, 0.15) is 48.8 Å². The van der Waals surface area contributed by atoms with E-state index in [2.05, 4.69) is 16.6 Å². The van der Waals surface area contributed by atoms with Crippen molar-refractivity contribution in [3.8, 4) is 5.75 Å². The molecular formula is C24H25N3O3. The molecule has 1 saturated carbocycles. The van der Waals surface area contributed by atoms with Gasteiger partial charge in [-0.2, -0.15) is 5.10 Å². The van der Waals surface area contributed by atoms with Gasteiger partial charge in [0.1, 0.15) is 5.75 Å². The summed E-state index contributed by atoms with van der Waals surface area (Å²) in [6.45, 7) is 0. The number of carbonyl (C=O) groups is 2. The fourth-order valence-electron chi connectivity index (χ4n) is 4.30. The summed E-state index contributed by atoms with van der Waals surface area (Å²) in [6.07, 6.45) is 6.79. The second-order valence-corrected chi connectivity index (χ2v) is 7.90. The summed E-state index contributed by atoms with van der Waals surface area (Å²) in [6, 6.07) is 15.3. The highest BCUT2D eigenvalue weighted by molar-refractivity contribution is 6.40. The molecule has 2 aromatic carbocycles. The first-order valence-electron chi connectivity index (χ1n) is 10.3. The van der Waals surface area contributed by atoms with Gasteiger partial charge in [0, 0.05) is 0 Å². The lowest BCUT2D eigenvalue weighted by molar-refractivity contribution is -0.137. The number of nitrogens with one attached hydrogen (secondary N) is 1. The van der Waals surface area contributed by atoms with Crippen molar-refractivity contribution in [2.24, 2.45) is 10.1 Å². The summed E-state index contributed by atoms with van der Waals surface area (Å²) in [5.41, 5.74) is 5.94. The molecule has 2 aliphatic rings. The lowest BCUT2D eigenvalue weighted by Gasteiger charge is -2.32. The minimum atomic E-state index is -0.731. The van der Waals surface area contributed by atoms with E-state index in [0.717, 1.165) is 54.7 Å². The molecule has 1 aliphatic carbocycles. The molecule has 1 N–H and O–H groups in total. The van der Waals surface area contributed by atoms with E-state index in [4.69, 9.17) is 9.73 Å². The van der Waals surface area contributed by atoms with E-state index in [1.54, 1.807) is 19.2 Å². The molecule has 1 fully saturated rings.